The van der Waals surface area contributed by atoms with E-state index in [1.807, 2.05) is 18.4 Å². The van der Waals surface area contributed by atoms with Crippen molar-refractivity contribution in [2.45, 2.75) is 32.6 Å². The van der Waals surface area contributed by atoms with E-state index in [2.05, 4.69) is 16.8 Å². The average Bonchev–Trinajstić information content (AvgIpc) is 2.38. The Labute approximate surface area is 86.0 Å². The van der Waals surface area contributed by atoms with E-state index in [-0.39, 0.29) is 0 Å². The highest BCUT2D eigenvalue weighted by molar-refractivity contribution is 5.59. The molecule has 0 saturated heterocycles. The van der Waals surface area contributed by atoms with E-state index < -0.39 is 0 Å². The van der Waals surface area contributed by atoms with Crippen molar-refractivity contribution in [3.05, 3.63) is 24.2 Å². The molecule has 78 valence electrons. The number of aliphatic imine (C=N–C) groups is 1. The summed E-state index contributed by atoms with van der Waals surface area (Å²) in [4.78, 5) is 6.16. The molecule has 1 aliphatic heterocycles. The Bertz CT molecular complexity index is 241. The zero-order valence-corrected chi connectivity index (χ0v) is 8.82. The first-order valence-electron chi connectivity index (χ1n) is 5.27. The van der Waals surface area contributed by atoms with Crippen molar-refractivity contribution >= 4 is 6.34 Å². The van der Waals surface area contributed by atoms with Gasteiger partial charge in [0.25, 0.3) is 0 Å². The molecule has 0 bridgehead atoms. The maximum atomic E-state index is 5.56. The molecule has 0 amide bonds. The van der Waals surface area contributed by atoms with Gasteiger partial charge in [0.15, 0.2) is 0 Å². The topological polar surface area (TPSA) is 41.6 Å². The van der Waals surface area contributed by atoms with Gasteiger partial charge in [-0.05, 0) is 18.6 Å². The smallest absolute Gasteiger partial charge is 0.125 e. The molecular weight excluding hydrogens is 174 g/mol. The normalized spacial score (nSPS) is 15.5. The van der Waals surface area contributed by atoms with Gasteiger partial charge in [0.1, 0.15) is 5.82 Å². The molecule has 0 unspecified atom stereocenters. The quantitative estimate of drug-likeness (QED) is 0.680. The second-order valence-corrected chi connectivity index (χ2v) is 3.48. The second kappa shape index (κ2) is 6.24. The third-order valence-corrected chi connectivity index (χ3v) is 2.17. The number of nitrogens with zero attached hydrogens (tertiary/aromatic N) is 2. The summed E-state index contributed by atoms with van der Waals surface area (Å²) in [5.74, 6) is 0.567. The summed E-state index contributed by atoms with van der Waals surface area (Å²) in [6.45, 7) is 3.25. The summed E-state index contributed by atoms with van der Waals surface area (Å²) < 4.78 is 0. The summed E-state index contributed by atoms with van der Waals surface area (Å²) in [6, 6.07) is 0. The van der Waals surface area contributed by atoms with Crippen LogP contribution in [-0.4, -0.2) is 17.8 Å². The molecule has 1 aliphatic rings. The Kier molecular flexibility index (Phi) is 4.83. The molecular formula is C11H19N3. The molecule has 1 rings (SSSR count). The second-order valence-electron chi connectivity index (χ2n) is 3.48. The highest BCUT2D eigenvalue weighted by atomic mass is 15.1. The van der Waals surface area contributed by atoms with Crippen molar-refractivity contribution in [2.75, 3.05) is 6.54 Å². The molecule has 14 heavy (non-hydrogen) atoms. The Hall–Kier alpha value is -1.25. The molecule has 0 aromatic heterocycles. The zero-order chi connectivity index (χ0) is 10.2. The highest BCUT2D eigenvalue weighted by Gasteiger charge is 1.97. The van der Waals surface area contributed by atoms with Gasteiger partial charge in [-0.3, -0.25) is 0 Å². The van der Waals surface area contributed by atoms with E-state index in [0.717, 1.165) is 6.54 Å². The first kappa shape index (κ1) is 10.8. The number of allylic oxidation sites excluding steroid dienone is 2. The van der Waals surface area contributed by atoms with Crippen LogP contribution in [0.15, 0.2) is 29.2 Å². The lowest BCUT2D eigenvalue weighted by molar-refractivity contribution is 0.519. The molecule has 0 fully saturated rings. The van der Waals surface area contributed by atoms with E-state index in [1.165, 1.54) is 25.7 Å². The summed E-state index contributed by atoms with van der Waals surface area (Å²) >= 11 is 0. The van der Waals surface area contributed by atoms with Gasteiger partial charge in [0.05, 0.1) is 6.34 Å². The Morgan fingerprint density at radius 3 is 3.00 bits per heavy atom. The van der Waals surface area contributed by atoms with Crippen LogP contribution in [0.2, 0.25) is 0 Å². The fraction of sp³-hybridized carbons (Fsp3) is 0.545. The molecule has 2 N–H and O–H groups in total. The molecule has 0 aromatic rings. The SMILES string of the molecule is CCCCCCN1C=CC=C(N)N=C1. The minimum Gasteiger partial charge on any atom is -0.384 e. The van der Waals surface area contributed by atoms with Crippen LogP contribution in [0.1, 0.15) is 32.6 Å². The summed E-state index contributed by atoms with van der Waals surface area (Å²) in [5.41, 5.74) is 5.56. The Balaban J connectivity index is 2.23. The maximum Gasteiger partial charge on any atom is 0.125 e. The monoisotopic (exact) mass is 193 g/mol. The van der Waals surface area contributed by atoms with Gasteiger partial charge in [-0.25, -0.2) is 4.99 Å². The fourth-order valence-electron chi connectivity index (χ4n) is 1.33. The van der Waals surface area contributed by atoms with Gasteiger partial charge < -0.3 is 10.6 Å². The van der Waals surface area contributed by atoms with Gasteiger partial charge >= 0.3 is 0 Å². The van der Waals surface area contributed by atoms with Crippen molar-refractivity contribution in [3.8, 4) is 0 Å². The highest BCUT2D eigenvalue weighted by Crippen LogP contribution is 2.03. The zero-order valence-electron chi connectivity index (χ0n) is 8.82. The number of rotatable bonds is 5. The van der Waals surface area contributed by atoms with E-state index in [4.69, 9.17) is 5.73 Å². The van der Waals surface area contributed by atoms with E-state index >= 15 is 0 Å². The third-order valence-electron chi connectivity index (χ3n) is 2.17. The lowest BCUT2D eigenvalue weighted by Crippen LogP contribution is -2.16. The van der Waals surface area contributed by atoms with Crippen LogP contribution in [0.25, 0.3) is 0 Å². The molecule has 3 heteroatoms. The van der Waals surface area contributed by atoms with Gasteiger partial charge in [0.2, 0.25) is 0 Å². The van der Waals surface area contributed by atoms with Crippen molar-refractivity contribution in [3.63, 3.8) is 0 Å². The first-order valence-corrected chi connectivity index (χ1v) is 5.27. The molecule has 0 aliphatic carbocycles. The minimum atomic E-state index is 0.567. The molecule has 0 radical (unpaired) electrons. The average molecular weight is 193 g/mol. The number of unbranched alkanes of at least 4 members (excludes halogenated alkanes) is 3. The summed E-state index contributed by atoms with van der Waals surface area (Å²) in [7, 11) is 0. The van der Waals surface area contributed by atoms with Crippen LogP contribution >= 0.6 is 0 Å². The van der Waals surface area contributed by atoms with Gasteiger partial charge in [-0.2, -0.15) is 0 Å². The van der Waals surface area contributed by atoms with Gasteiger partial charge in [-0.15, -0.1) is 0 Å². The lowest BCUT2D eigenvalue weighted by atomic mass is 10.2. The standard InChI is InChI=1S/C11H19N3/c1-2-3-4-5-8-14-9-6-7-11(12)13-10-14/h6-7,9-10H,2-5,8,12H2,1H3. The summed E-state index contributed by atoms with van der Waals surface area (Å²) in [5, 5.41) is 0. The summed E-state index contributed by atoms with van der Waals surface area (Å²) in [6.07, 6.45) is 12.6. The molecule has 0 spiro atoms. The third kappa shape index (κ3) is 4.12. The minimum absolute atomic E-state index is 0.567. The number of hydrogen-bond acceptors (Lipinski definition) is 3. The first-order chi connectivity index (χ1) is 6.83. The fourth-order valence-corrected chi connectivity index (χ4v) is 1.33. The van der Waals surface area contributed by atoms with Crippen molar-refractivity contribution in [2.24, 2.45) is 10.7 Å². The molecule has 3 nitrogen and oxygen atoms in total. The predicted molar refractivity (Wildman–Crippen MR) is 60.8 cm³/mol. The molecule has 0 atom stereocenters. The molecule has 0 saturated carbocycles. The van der Waals surface area contributed by atoms with Crippen LogP contribution < -0.4 is 5.73 Å². The molecule has 1 heterocycles. The van der Waals surface area contributed by atoms with Crippen LogP contribution in [-0.2, 0) is 0 Å². The van der Waals surface area contributed by atoms with Gasteiger partial charge in [-0.1, -0.05) is 26.2 Å². The maximum absolute atomic E-state index is 5.56. The van der Waals surface area contributed by atoms with Crippen LogP contribution in [0.3, 0.4) is 0 Å². The van der Waals surface area contributed by atoms with Crippen molar-refractivity contribution in [1.29, 1.82) is 0 Å². The van der Waals surface area contributed by atoms with Crippen LogP contribution in [0.5, 0.6) is 0 Å². The van der Waals surface area contributed by atoms with Crippen LogP contribution in [0, 0.1) is 0 Å². The van der Waals surface area contributed by atoms with Crippen LogP contribution in [0.4, 0.5) is 0 Å². The van der Waals surface area contributed by atoms with E-state index in [1.54, 1.807) is 6.34 Å². The van der Waals surface area contributed by atoms with E-state index in [9.17, 15) is 0 Å². The van der Waals surface area contributed by atoms with Crippen molar-refractivity contribution in [1.82, 2.24) is 4.90 Å². The Morgan fingerprint density at radius 2 is 2.21 bits per heavy atom. The number of nitrogens with two attached hydrogens (primary N) is 1. The van der Waals surface area contributed by atoms with Gasteiger partial charge in [0, 0.05) is 12.7 Å². The van der Waals surface area contributed by atoms with E-state index in [0.29, 0.717) is 5.82 Å². The van der Waals surface area contributed by atoms with Crippen molar-refractivity contribution < 1.29 is 0 Å². The largest absolute Gasteiger partial charge is 0.384 e. The number of hydrogen-bond donors (Lipinski definition) is 1. The predicted octanol–water partition coefficient (Wildman–Crippen LogP) is 2.22. The lowest BCUT2D eigenvalue weighted by Gasteiger charge is -2.12. The molecule has 0 aromatic carbocycles. The Morgan fingerprint density at radius 1 is 1.36 bits per heavy atom.